The van der Waals surface area contributed by atoms with Crippen LogP contribution in [0.1, 0.15) is 30.4 Å². The number of carbonyl (C=O) groups excluding carboxylic acids is 1. The second-order valence-electron chi connectivity index (χ2n) is 6.29. The van der Waals surface area contributed by atoms with Crippen LogP contribution >= 0.6 is 23.4 Å². The van der Waals surface area contributed by atoms with Crippen molar-refractivity contribution in [3.8, 4) is 17.5 Å². The highest BCUT2D eigenvalue weighted by molar-refractivity contribution is 7.98. The van der Waals surface area contributed by atoms with E-state index < -0.39 is 11.9 Å². The summed E-state index contributed by atoms with van der Waals surface area (Å²) in [7, 11) is 1.55. The maximum Gasteiger partial charge on any atom is 0.308 e. The van der Waals surface area contributed by atoms with Crippen LogP contribution in [-0.4, -0.2) is 52.5 Å². The molecule has 166 valence electrons. The molecule has 31 heavy (non-hydrogen) atoms. The van der Waals surface area contributed by atoms with E-state index >= 15 is 0 Å². The number of hydrogen-bond donors (Lipinski definition) is 1. The largest absolute Gasteiger partial charge is 0.496 e. The van der Waals surface area contributed by atoms with Crippen LogP contribution in [0.3, 0.4) is 0 Å². The number of methoxy groups -OCH3 is 1. The molecule has 0 atom stereocenters. The van der Waals surface area contributed by atoms with Crippen molar-refractivity contribution in [3.05, 3.63) is 28.5 Å². The molecule has 0 radical (unpaired) electrons. The highest BCUT2D eigenvalue weighted by Crippen LogP contribution is 2.35. The van der Waals surface area contributed by atoms with Gasteiger partial charge in [-0.1, -0.05) is 23.4 Å². The maximum absolute atomic E-state index is 11.7. The van der Waals surface area contributed by atoms with Crippen molar-refractivity contribution in [3.63, 3.8) is 0 Å². The average Bonchev–Trinajstić information content (AvgIpc) is 3.21. The molecule has 3 heterocycles. The maximum atomic E-state index is 11.7. The van der Waals surface area contributed by atoms with Gasteiger partial charge in [0, 0.05) is 36.8 Å². The lowest BCUT2D eigenvalue weighted by Gasteiger charge is -2.11. The van der Waals surface area contributed by atoms with Gasteiger partial charge < -0.3 is 24.1 Å². The number of esters is 1. The topological polar surface area (TPSA) is 130 Å². The fraction of sp³-hybridized carbons (Fsp3) is 0.421. The zero-order valence-corrected chi connectivity index (χ0v) is 18.2. The van der Waals surface area contributed by atoms with Gasteiger partial charge in [-0.05, 0) is 12.5 Å². The Morgan fingerprint density at radius 2 is 2.16 bits per heavy atom. The SMILES string of the molecule is COc1ccnc(Cl)c1CSc1nc2c(c(OCOC(=O)CCCC(=O)O)n1)CCO2. The Labute approximate surface area is 187 Å². The molecule has 0 amide bonds. The number of thioether (sulfide) groups is 1. The minimum Gasteiger partial charge on any atom is -0.496 e. The van der Waals surface area contributed by atoms with Crippen LogP contribution < -0.4 is 14.2 Å². The number of carbonyl (C=O) groups is 2. The lowest BCUT2D eigenvalue weighted by molar-refractivity contribution is -0.150. The summed E-state index contributed by atoms with van der Waals surface area (Å²) in [5.41, 5.74) is 1.41. The smallest absolute Gasteiger partial charge is 0.308 e. The number of hydrogen-bond acceptors (Lipinski definition) is 10. The Balaban J connectivity index is 1.62. The second kappa shape index (κ2) is 11.0. The summed E-state index contributed by atoms with van der Waals surface area (Å²) in [6.45, 7) is 0.105. The van der Waals surface area contributed by atoms with Gasteiger partial charge in [-0.15, -0.1) is 0 Å². The van der Waals surface area contributed by atoms with Gasteiger partial charge in [-0.3, -0.25) is 9.59 Å². The number of nitrogens with zero attached hydrogens (tertiary/aromatic N) is 3. The molecule has 0 fully saturated rings. The number of carboxylic acid groups (broad SMARTS) is 1. The predicted octanol–water partition coefficient (Wildman–Crippen LogP) is 2.90. The average molecular weight is 470 g/mol. The number of pyridine rings is 1. The van der Waals surface area contributed by atoms with Gasteiger partial charge in [0.15, 0.2) is 5.16 Å². The molecule has 0 saturated carbocycles. The first-order chi connectivity index (χ1) is 15.0. The quantitative estimate of drug-likeness (QED) is 0.171. The summed E-state index contributed by atoms with van der Waals surface area (Å²) in [6.07, 6.45) is 2.23. The van der Waals surface area contributed by atoms with Crippen molar-refractivity contribution >= 4 is 35.3 Å². The molecule has 2 aromatic rings. The van der Waals surface area contributed by atoms with E-state index in [1.165, 1.54) is 11.8 Å². The molecule has 1 aliphatic heterocycles. The van der Waals surface area contributed by atoms with Gasteiger partial charge in [-0.2, -0.15) is 9.97 Å². The lowest BCUT2D eigenvalue weighted by Crippen LogP contribution is -2.12. The summed E-state index contributed by atoms with van der Waals surface area (Å²) < 4.78 is 21.4. The van der Waals surface area contributed by atoms with E-state index in [-0.39, 0.29) is 31.9 Å². The van der Waals surface area contributed by atoms with Crippen LogP contribution in [0, 0.1) is 0 Å². The molecule has 0 aliphatic carbocycles. The number of rotatable bonds is 11. The van der Waals surface area contributed by atoms with Crippen LogP contribution in [0.15, 0.2) is 17.4 Å². The van der Waals surface area contributed by atoms with E-state index in [9.17, 15) is 9.59 Å². The monoisotopic (exact) mass is 469 g/mol. The number of ether oxygens (including phenoxy) is 4. The fourth-order valence-corrected chi connectivity index (χ4v) is 3.85. The van der Waals surface area contributed by atoms with Crippen molar-refractivity contribution < 1.29 is 33.6 Å². The molecular weight excluding hydrogens is 450 g/mol. The molecule has 1 N–H and O–H groups in total. The minimum atomic E-state index is -0.962. The molecule has 0 saturated heterocycles. The number of halogens is 1. The van der Waals surface area contributed by atoms with E-state index in [4.69, 9.17) is 35.7 Å². The van der Waals surface area contributed by atoms with E-state index in [0.717, 1.165) is 0 Å². The predicted molar refractivity (Wildman–Crippen MR) is 110 cm³/mol. The van der Waals surface area contributed by atoms with Crippen LogP contribution in [-0.2, 0) is 26.5 Å². The normalized spacial score (nSPS) is 12.1. The third-order valence-corrected chi connectivity index (χ3v) is 5.41. The van der Waals surface area contributed by atoms with Crippen molar-refractivity contribution in [1.82, 2.24) is 15.0 Å². The lowest BCUT2D eigenvalue weighted by atomic mass is 10.2. The molecule has 2 aromatic heterocycles. The first kappa shape index (κ1) is 22.9. The van der Waals surface area contributed by atoms with Gasteiger partial charge >= 0.3 is 11.9 Å². The fourth-order valence-electron chi connectivity index (χ4n) is 2.71. The summed E-state index contributed by atoms with van der Waals surface area (Å²) in [6, 6.07) is 1.72. The van der Waals surface area contributed by atoms with E-state index in [1.54, 1.807) is 19.4 Å². The molecule has 0 spiro atoms. The number of carboxylic acids is 1. The Kier molecular flexibility index (Phi) is 8.13. The first-order valence-corrected chi connectivity index (χ1v) is 10.7. The van der Waals surface area contributed by atoms with Crippen LogP contribution in [0.2, 0.25) is 5.15 Å². The van der Waals surface area contributed by atoms with Crippen molar-refractivity contribution in [2.45, 2.75) is 36.6 Å². The summed E-state index contributed by atoms with van der Waals surface area (Å²) >= 11 is 7.48. The molecule has 0 aromatic carbocycles. The zero-order valence-electron chi connectivity index (χ0n) is 16.6. The summed E-state index contributed by atoms with van der Waals surface area (Å²) in [5.74, 6) is 0.201. The highest BCUT2D eigenvalue weighted by atomic mass is 35.5. The van der Waals surface area contributed by atoms with Crippen molar-refractivity contribution in [2.75, 3.05) is 20.5 Å². The number of aliphatic carboxylic acids is 1. The van der Waals surface area contributed by atoms with E-state index in [1.807, 2.05) is 0 Å². The molecule has 10 nitrogen and oxygen atoms in total. The molecule has 12 heteroatoms. The van der Waals surface area contributed by atoms with Crippen LogP contribution in [0.5, 0.6) is 17.5 Å². The third-order valence-electron chi connectivity index (χ3n) is 4.21. The molecule has 0 unspecified atom stereocenters. The third kappa shape index (κ3) is 6.34. The zero-order chi connectivity index (χ0) is 22.2. The molecule has 0 bridgehead atoms. The highest BCUT2D eigenvalue weighted by Gasteiger charge is 2.23. The Hall–Kier alpha value is -2.79. The standard InChI is InChI=1S/C19H20ClN3O7S/c1-27-13-5-7-21-16(20)12(13)9-31-19-22-17-11(6-8-28-17)18(23-19)30-10-29-15(26)4-2-3-14(24)25/h5,7H,2-4,6,8-10H2,1H3,(H,24,25). The van der Waals surface area contributed by atoms with E-state index in [2.05, 4.69) is 15.0 Å². The van der Waals surface area contributed by atoms with Gasteiger partial charge in [0.05, 0.1) is 19.3 Å². The summed E-state index contributed by atoms with van der Waals surface area (Å²) in [5, 5.41) is 9.33. The van der Waals surface area contributed by atoms with Gasteiger partial charge in [-0.25, -0.2) is 4.98 Å². The number of aromatic nitrogens is 3. The second-order valence-corrected chi connectivity index (χ2v) is 7.59. The Bertz CT molecular complexity index is 960. The molecular formula is C19H20ClN3O7S. The Morgan fingerprint density at radius 3 is 2.94 bits per heavy atom. The van der Waals surface area contributed by atoms with Gasteiger partial charge in [0.25, 0.3) is 0 Å². The Morgan fingerprint density at radius 1 is 1.32 bits per heavy atom. The van der Waals surface area contributed by atoms with E-state index in [0.29, 0.717) is 51.8 Å². The first-order valence-electron chi connectivity index (χ1n) is 9.32. The number of fused-ring (bicyclic) bond motifs is 1. The van der Waals surface area contributed by atoms with Crippen molar-refractivity contribution in [1.29, 1.82) is 0 Å². The van der Waals surface area contributed by atoms with Crippen LogP contribution in [0.4, 0.5) is 0 Å². The molecule has 3 rings (SSSR count). The minimum absolute atomic E-state index is 0.00451. The van der Waals surface area contributed by atoms with Gasteiger partial charge in [0.1, 0.15) is 10.9 Å². The van der Waals surface area contributed by atoms with Crippen LogP contribution in [0.25, 0.3) is 0 Å². The molecule has 1 aliphatic rings. The summed E-state index contributed by atoms with van der Waals surface area (Å²) in [4.78, 5) is 35.0. The van der Waals surface area contributed by atoms with Crippen molar-refractivity contribution in [2.24, 2.45) is 0 Å². The van der Waals surface area contributed by atoms with Gasteiger partial charge in [0.2, 0.25) is 18.6 Å².